The van der Waals surface area contributed by atoms with Gasteiger partial charge < -0.3 is 10.1 Å². The second-order valence-electron chi connectivity index (χ2n) is 4.39. The van der Waals surface area contributed by atoms with Gasteiger partial charge in [-0.3, -0.25) is 4.79 Å². The van der Waals surface area contributed by atoms with Crippen molar-refractivity contribution in [3.8, 4) is 0 Å². The highest BCUT2D eigenvalue weighted by Gasteiger charge is 2.17. The van der Waals surface area contributed by atoms with Crippen LogP contribution in [0.25, 0.3) is 0 Å². The molecule has 4 heteroatoms. The van der Waals surface area contributed by atoms with Crippen LogP contribution in [0.3, 0.4) is 0 Å². The molecule has 0 aromatic heterocycles. The van der Waals surface area contributed by atoms with Crippen LogP contribution in [0.2, 0.25) is 0 Å². The van der Waals surface area contributed by atoms with Gasteiger partial charge in [-0.1, -0.05) is 18.2 Å². The summed E-state index contributed by atoms with van der Waals surface area (Å²) in [5, 5.41) is 2.76. The molecule has 0 aliphatic heterocycles. The number of ether oxygens (including phenoxy) is 1. The van der Waals surface area contributed by atoms with Crippen LogP contribution in [-0.2, 0) is 14.3 Å². The Morgan fingerprint density at radius 3 is 2.63 bits per heavy atom. The Balaban J connectivity index is 2.68. The van der Waals surface area contributed by atoms with Crippen molar-refractivity contribution >= 4 is 17.6 Å². The van der Waals surface area contributed by atoms with Gasteiger partial charge in [-0.2, -0.15) is 0 Å². The molecule has 0 radical (unpaired) electrons. The lowest BCUT2D eigenvalue weighted by molar-refractivity contribution is -0.148. The normalized spacial score (nSPS) is 12.2. The number of benzene rings is 1. The van der Waals surface area contributed by atoms with Gasteiger partial charge in [0.2, 0.25) is 0 Å². The first-order chi connectivity index (χ1) is 8.93. The molecular weight excluding hydrogens is 242 g/mol. The van der Waals surface area contributed by atoms with E-state index in [-0.39, 0.29) is 5.91 Å². The molecule has 0 spiro atoms. The van der Waals surface area contributed by atoms with Gasteiger partial charge in [-0.25, -0.2) is 4.79 Å². The summed E-state index contributed by atoms with van der Waals surface area (Å²) in [7, 11) is 0. The highest BCUT2D eigenvalue weighted by atomic mass is 16.5. The number of nitrogens with one attached hydrogen (secondary N) is 1. The maximum Gasteiger partial charge on any atom is 0.331 e. The van der Waals surface area contributed by atoms with Crippen molar-refractivity contribution in [1.82, 2.24) is 0 Å². The summed E-state index contributed by atoms with van der Waals surface area (Å²) in [4.78, 5) is 23.1. The molecule has 1 amide bonds. The summed E-state index contributed by atoms with van der Waals surface area (Å²) in [5.74, 6) is -0.863. The molecule has 4 nitrogen and oxygen atoms in total. The Labute approximate surface area is 113 Å². The third kappa shape index (κ3) is 4.58. The van der Waals surface area contributed by atoms with Crippen LogP contribution in [0, 0.1) is 13.8 Å². The van der Waals surface area contributed by atoms with Crippen LogP contribution >= 0.6 is 0 Å². The fourth-order valence-corrected chi connectivity index (χ4v) is 1.51. The predicted molar refractivity (Wildman–Crippen MR) is 74.9 cm³/mol. The molecular formula is C15H19NO3. The number of esters is 1. The Morgan fingerprint density at radius 2 is 2.00 bits per heavy atom. The van der Waals surface area contributed by atoms with E-state index >= 15 is 0 Å². The molecule has 102 valence electrons. The predicted octanol–water partition coefficient (Wildman–Crippen LogP) is 2.75. The van der Waals surface area contributed by atoms with Gasteiger partial charge in [-0.05, 0) is 44.9 Å². The highest BCUT2D eigenvalue weighted by molar-refractivity contribution is 5.96. The van der Waals surface area contributed by atoms with Gasteiger partial charge in [0.05, 0.1) is 0 Å². The number of carbonyl (C=O) groups is 2. The van der Waals surface area contributed by atoms with Crippen LogP contribution in [0.4, 0.5) is 5.69 Å². The summed E-state index contributed by atoms with van der Waals surface area (Å²) in [6.45, 7) is 7.11. The van der Waals surface area contributed by atoms with E-state index in [4.69, 9.17) is 4.74 Å². The quantitative estimate of drug-likeness (QED) is 0.669. The van der Waals surface area contributed by atoms with Crippen molar-refractivity contribution in [2.24, 2.45) is 0 Å². The molecule has 0 aliphatic carbocycles. The van der Waals surface area contributed by atoms with Crippen molar-refractivity contribution in [3.63, 3.8) is 0 Å². The summed E-state index contributed by atoms with van der Waals surface area (Å²) in [5.41, 5.74) is 2.75. The van der Waals surface area contributed by atoms with Crippen molar-refractivity contribution in [2.45, 2.75) is 33.8 Å². The first-order valence-electron chi connectivity index (χ1n) is 6.15. The summed E-state index contributed by atoms with van der Waals surface area (Å²) < 4.78 is 4.96. The van der Waals surface area contributed by atoms with E-state index in [0.717, 1.165) is 16.8 Å². The molecule has 1 rings (SSSR count). The number of anilines is 1. The standard InChI is InChI=1S/C15H19NO3/c1-5-6-14(17)19-12(4)15(18)16-13-9-10(2)7-8-11(13)3/h5-9,12H,1-4H3,(H,16,18)/b6-5+. The lowest BCUT2D eigenvalue weighted by atomic mass is 10.1. The second-order valence-corrected chi connectivity index (χ2v) is 4.39. The first-order valence-corrected chi connectivity index (χ1v) is 6.15. The van der Waals surface area contributed by atoms with Crippen molar-refractivity contribution in [2.75, 3.05) is 5.32 Å². The fraction of sp³-hybridized carbons (Fsp3) is 0.333. The summed E-state index contributed by atoms with van der Waals surface area (Å²) in [6, 6.07) is 5.79. The molecule has 0 saturated carbocycles. The first kappa shape index (κ1) is 15.0. The van der Waals surface area contributed by atoms with Gasteiger partial charge in [0, 0.05) is 11.8 Å². The SMILES string of the molecule is C/C=C/C(=O)OC(C)C(=O)Nc1cc(C)ccc1C. The molecule has 1 aromatic carbocycles. The molecule has 0 heterocycles. The molecule has 1 aromatic rings. The maximum absolute atomic E-state index is 11.9. The largest absolute Gasteiger partial charge is 0.449 e. The molecule has 1 N–H and O–H groups in total. The average molecular weight is 261 g/mol. The number of hydrogen-bond acceptors (Lipinski definition) is 3. The summed E-state index contributed by atoms with van der Waals surface area (Å²) >= 11 is 0. The molecule has 19 heavy (non-hydrogen) atoms. The van der Waals surface area contributed by atoms with Crippen LogP contribution in [-0.4, -0.2) is 18.0 Å². The zero-order valence-electron chi connectivity index (χ0n) is 11.7. The number of carbonyl (C=O) groups excluding carboxylic acids is 2. The number of rotatable bonds is 4. The van der Waals surface area contributed by atoms with Crippen molar-refractivity contribution in [1.29, 1.82) is 0 Å². The van der Waals surface area contributed by atoms with Gasteiger partial charge in [0.25, 0.3) is 5.91 Å². The Hall–Kier alpha value is -2.10. The van der Waals surface area contributed by atoms with Crippen LogP contribution in [0.5, 0.6) is 0 Å². The minimum atomic E-state index is -0.830. The Morgan fingerprint density at radius 1 is 1.32 bits per heavy atom. The Bertz CT molecular complexity index is 506. The molecule has 0 saturated heterocycles. The van der Waals surface area contributed by atoms with Gasteiger partial charge in [-0.15, -0.1) is 0 Å². The van der Waals surface area contributed by atoms with E-state index in [1.807, 2.05) is 32.0 Å². The van der Waals surface area contributed by atoms with Crippen LogP contribution in [0.15, 0.2) is 30.4 Å². The van der Waals surface area contributed by atoms with E-state index in [2.05, 4.69) is 5.32 Å². The lowest BCUT2D eigenvalue weighted by Gasteiger charge is -2.14. The van der Waals surface area contributed by atoms with Gasteiger partial charge in [0.1, 0.15) is 0 Å². The Kier molecular flexibility index (Phi) is 5.30. The lowest BCUT2D eigenvalue weighted by Crippen LogP contribution is -2.29. The smallest absolute Gasteiger partial charge is 0.331 e. The van der Waals surface area contributed by atoms with Crippen LogP contribution < -0.4 is 5.32 Å². The van der Waals surface area contributed by atoms with Gasteiger partial charge in [0.15, 0.2) is 6.10 Å². The number of allylic oxidation sites excluding steroid dienone is 1. The second kappa shape index (κ2) is 6.73. The van der Waals surface area contributed by atoms with Crippen LogP contribution in [0.1, 0.15) is 25.0 Å². The van der Waals surface area contributed by atoms with E-state index in [1.165, 1.54) is 6.08 Å². The van der Waals surface area contributed by atoms with Crippen molar-refractivity contribution < 1.29 is 14.3 Å². The minimum absolute atomic E-state index is 0.341. The number of aryl methyl sites for hydroxylation is 2. The molecule has 1 unspecified atom stereocenters. The molecule has 0 fully saturated rings. The molecule has 0 aliphatic rings. The highest BCUT2D eigenvalue weighted by Crippen LogP contribution is 2.16. The molecule has 0 bridgehead atoms. The van der Waals surface area contributed by atoms with E-state index in [9.17, 15) is 9.59 Å². The number of hydrogen-bond donors (Lipinski definition) is 1. The monoisotopic (exact) mass is 261 g/mol. The fourth-order valence-electron chi connectivity index (χ4n) is 1.51. The minimum Gasteiger partial charge on any atom is -0.449 e. The van der Waals surface area contributed by atoms with Gasteiger partial charge >= 0.3 is 5.97 Å². The summed E-state index contributed by atoms with van der Waals surface area (Å²) in [6.07, 6.45) is 2.02. The molecule has 1 atom stereocenters. The van der Waals surface area contributed by atoms with E-state index in [0.29, 0.717) is 0 Å². The zero-order valence-corrected chi connectivity index (χ0v) is 11.7. The maximum atomic E-state index is 11.9. The van der Waals surface area contributed by atoms with E-state index < -0.39 is 12.1 Å². The topological polar surface area (TPSA) is 55.4 Å². The van der Waals surface area contributed by atoms with Crippen molar-refractivity contribution in [3.05, 3.63) is 41.5 Å². The third-order valence-corrected chi connectivity index (χ3v) is 2.62. The van der Waals surface area contributed by atoms with E-state index in [1.54, 1.807) is 19.9 Å². The third-order valence-electron chi connectivity index (χ3n) is 2.62. The number of amides is 1. The average Bonchev–Trinajstić information content (AvgIpc) is 2.34. The zero-order chi connectivity index (χ0) is 14.4.